The van der Waals surface area contributed by atoms with Crippen LogP contribution in [-0.2, 0) is 23.9 Å². The monoisotopic (exact) mass is 789 g/mol. The van der Waals surface area contributed by atoms with Crippen LogP contribution in [0.3, 0.4) is 0 Å². The van der Waals surface area contributed by atoms with Gasteiger partial charge in [0.25, 0.3) is 0 Å². The fourth-order valence-electron chi connectivity index (χ4n) is 5.92. The van der Waals surface area contributed by atoms with Crippen LogP contribution in [0.15, 0.2) is 144 Å². The molecule has 8 aromatic rings. The Morgan fingerprint density at radius 2 is 1.10 bits per heavy atom. The summed E-state index contributed by atoms with van der Waals surface area (Å²) >= 11 is 14.5. The third-order valence-corrected chi connectivity index (χ3v) is 12.8. The first-order valence-electron chi connectivity index (χ1n) is 16.9. The van der Waals surface area contributed by atoms with Crippen LogP contribution >= 0.6 is 62.6 Å². The summed E-state index contributed by atoms with van der Waals surface area (Å²) in [5.74, 6) is 0.963. The Bertz CT molecular complexity index is 2300. The smallest absolute Gasteiger partial charge is 0.0481 e. The van der Waals surface area contributed by atoms with Gasteiger partial charge in [-0.1, -0.05) is 149 Å². The van der Waals surface area contributed by atoms with Crippen molar-refractivity contribution >= 4 is 108 Å². The van der Waals surface area contributed by atoms with E-state index in [4.69, 9.17) is 18.0 Å². The summed E-state index contributed by atoms with van der Waals surface area (Å²) in [7, 11) is 0. The van der Waals surface area contributed by atoms with Gasteiger partial charge in [-0.05, 0) is 110 Å². The largest absolute Gasteiger partial charge is 0.330 e. The molecule has 2 heterocycles. The first-order chi connectivity index (χ1) is 24.6. The number of alkyl halides is 1. The van der Waals surface area contributed by atoms with E-state index < -0.39 is 0 Å². The maximum absolute atomic E-state index is 5.61. The van der Waals surface area contributed by atoms with Gasteiger partial charge in [0.2, 0.25) is 0 Å². The van der Waals surface area contributed by atoms with Gasteiger partial charge in [0.1, 0.15) is 0 Å². The molecule has 0 bridgehead atoms. The van der Waals surface area contributed by atoms with Crippen molar-refractivity contribution in [3.05, 3.63) is 166 Å². The lowest BCUT2D eigenvalue weighted by molar-refractivity contribution is 0.885. The van der Waals surface area contributed by atoms with E-state index in [1.54, 1.807) is 11.3 Å². The second kappa shape index (κ2) is 18.8. The minimum atomic E-state index is 0.737. The molecule has 0 atom stereocenters. The molecule has 6 aromatic carbocycles. The summed E-state index contributed by atoms with van der Waals surface area (Å²) in [6, 6.07) is 47.3. The van der Waals surface area contributed by atoms with E-state index in [-0.39, 0.29) is 0 Å². The zero-order valence-electron chi connectivity index (χ0n) is 27.9. The van der Waals surface area contributed by atoms with Crippen LogP contribution in [0.5, 0.6) is 0 Å². The normalized spacial score (nSPS) is 10.9. The number of halogens is 1. The number of aryl methyl sites for hydroxylation is 1. The predicted molar refractivity (Wildman–Crippen MR) is 234 cm³/mol. The van der Waals surface area contributed by atoms with E-state index in [0.717, 1.165) is 47.5 Å². The molecule has 6 heteroatoms. The van der Waals surface area contributed by atoms with Gasteiger partial charge in [-0.25, -0.2) is 0 Å². The van der Waals surface area contributed by atoms with E-state index in [1.807, 2.05) is 23.1 Å². The van der Waals surface area contributed by atoms with Crippen LogP contribution in [0.1, 0.15) is 35.1 Å². The summed E-state index contributed by atoms with van der Waals surface area (Å²) in [5, 5.41) is 13.4. The lowest BCUT2D eigenvalue weighted by atomic mass is 10.1. The number of hydrogen-bond acceptors (Lipinski definition) is 5. The minimum Gasteiger partial charge on any atom is -0.330 e. The Hall–Kier alpha value is -3.36. The SMILES string of the molecule is BrCc1ccc2ccccc2c1.NCCc1csc2ccccc12.S=C(CCCc1csc2ccccc12)SCc1ccc2ccccc2c1. The van der Waals surface area contributed by atoms with Crippen LogP contribution in [0, 0.1) is 0 Å². The highest BCUT2D eigenvalue weighted by molar-refractivity contribution is 9.08. The van der Waals surface area contributed by atoms with Gasteiger partial charge < -0.3 is 5.73 Å². The number of hydrogen-bond donors (Lipinski definition) is 1. The molecule has 50 heavy (non-hydrogen) atoms. The number of benzene rings is 6. The molecule has 0 aliphatic rings. The van der Waals surface area contributed by atoms with Crippen molar-refractivity contribution in [3.8, 4) is 0 Å². The van der Waals surface area contributed by atoms with E-state index in [2.05, 4.69) is 160 Å². The molecule has 0 amide bonds. The molecule has 1 nitrogen and oxygen atoms in total. The molecule has 0 spiro atoms. The van der Waals surface area contributed by atoms with Gasteiger partial charge in [-0.3, -0.25) is 0 Å². The second-order valence-electron chi connectivity index (χ2n) is 12.1. The fourth-order valence-corrected chi connectivity index (χ4v) is 9.38. The molecule has 0 radical (unpaired) electrons. The molecule has 0 aliphatic carbocycles. The summed E-state index contributed by atoms with van der Waals surface area (Å²) in [6.45, 7) is 0.737. The van der Waals surface area contributed by atoms with Crippen molar-refractivity contribution in [2.45, 2.75) is 36.8 Å². The van der Waals surface area contributed by atoms with Gasteiger partial charge in [0.15, 0.2) is 0 Å². The fraction of sp³-hybridized carbons (Fsp3) is 0.159. The highest BCUT2D eigenvalue weighted by Crippen LogP contribution is 2.28. The Labute approximate surface area is 321 Å². The Morgan fingerprint density at radius 1 is 0.600 bits per heavy atom. The molecule has 0 fully saturated rings. The Balaban J connectivity index is 0.000000149. The lowest BCUT2D eigenvalue weighted by Gasteiger charge is -2.06. The summed E-state index contributed by atoms with van der Waals surface area (Å²) in [6.07, 6.45) is 4.24. The van der Waals surface area contributed by atoms with Gasteiger partial charge in [0.05, 0.1) is 0 Å². The molecule has 2 aromatic heterocycles. The van der Waals surface area contributed by atoms with Gasteiger partial charge in [-0.15, -0.1) is 34.4 Å². The highest BCUT2D eigenvalue weighted by atomic mass is 79.9. The number of thioether (sulfide) groups is 1. The number of nitrogens with two attached hydrogens (primary N) is 1. The molecular formula is C44H40BrNS4. The number of rotatable bonds is 9. The Kier molecular flexibility index (Phi) is 13.7. The van der Waals surface area contributed by atoms with E-state index in [1.165, 1.54) is 64.0 Å². The molecular weight excluding hydrogens is 751 g/mol. The third kappa shape index (κ3) is 9.91. The molecule has 0 saturated carbocycles. The van der Waals surface area contributed by atoms with Gasteiger partial charge in [-0.2, -0.15) is 0 Å². The highest BCUT2D eigenvalue weighted by Gasteiger charge is 2.06. The lowest BCUT2D eigenvalue weighted by Crippen LogP contribution is -2.01. The van der Waals surface area contributed by atoms with Crippen molar-refractivity contribution < 1.29 is 0 Å². The van der Waals surface area contributed by atoms with Crippen molar-refractivity contribution in [2.24, 2.45) is 5.73 Å². The maximum atomic E-state index is 5.61. The zero-order chi connectivity index (χ0) is 34.5. The molecule has 8 rings (SSSR count). The minimum absolute atomic E-state index is 0.737. The Morgan fingerprint density at radius 3 is 1.68 bits per heavy atom. The number of thiophene rings is 2. The van der Waals surface area contributed by atoms with Crippen LogP contribution in [0.2, 0.25) is 0 Å². The van der Waals surface area contributed by atoms with Crippen molar-refractivity contribution in [3.63, 3.8) is 0 Å². The van der Waals surface area contributed by atoms with Gasteiger partial charge >= 0.3 is 0 Å². The number of fused-ring (bicyclic) bond motifs is 4. The van der Waals surface area contributed by atoms with Crippen LogP contribution in [0.4, 0.5) is 0 Å². The van der Waals surface area contributed by atoms with Crippen LogP contribution in [-0.4, -0.2) is 10.7 Å². The van der Waals surface area contributed by atoms with Crippen molar-refractivity contribution in [1.82, 2.24) is 0 Å². The predicted octanol–water partition coefficient (Wildman–Crippen LogP) is 13.8. The van der Waals surface area contributed by atoms with E-state index in [9.17, 15) is 0 Å². The van der Waals surface area contributed by atoms with Crippen LogP contribution in [0.25, 0.3) is 41.7 Å². The van der Waals surface area contributed by atoms with Crippen LogP contribution < -0.4 is 5.73 Å². The third-order valence-electron chi connectivity index (χ3n) is 8.54. The second-order valence-corrected chi connectivity index (χ2v) is 16.3. The molecule has 0 unspecified atom stereocenters. The molecule has 0 aliphatic heterocycles. The van der Waals surface area contributed by atoms with Gasteiger partial charge in [0, 0.05) is 24.7 Å². The van der Waals surface area contributed by atoms with Crippen molar-refractivity contribution in [2.75, 3.05) is 6.54 Å². The molecule has 2 N–H and O–H groups in total. The standard InChI is InChI=1S/C23H20S3.C11H9Br.C10H11NS/c24-23(11-5-8-20-16-25-22-10-4-3-9-21(20)22)26-15-17-12-13-18-6-1-2-7-19(18)14-17;12-8-9-5-6-10-3-1-2-4-11(10)7-9;11-6-5-8-7-12-10-4-2-1-3-9(8)10/h1-4,6-7,9-10,12-14,16H,5,8,11,15H2;1-7H,8H2;1-4,7H,5-6,11H2. The van der Waals surface area contributed by atoms with E-state index >= 15 is 0 Å². The molecule has 0 saturated heterocycles. The topological polar surface area (TPSA) is 26.0 Å². The quantitative estimate of drug-likeness (QED) is 0.116. The zero-order valence-corrected chi connectivity index (χ0v) is 32.7. The van der Waals surface area contributed by atoms with Crippen molar-refractivity contribution in [1.29, 1.82) is 0 Å². The summed E-state index contributed by atoms with van der Waals surface area (Å²) in [4.78, 5) is 0. The first-order valence-corrected chi connectivity index (χ1v) is 21.2. The summed E-state index contributed by atoms with van der Waals surface area (Å²) < 4.78 is 3.87. The van der Waals surface area contributed by atoms with E-state index in [0.29, 0.717) is 0 Å². The first kappa shape index (κ1) is 36.4. The summed E-state index contributed by atoms with van der Waals surface area (Å²) in [5.41, 5.74) is 11.0. The molecule has 252 valence electrons. The maximum Gasteiger partial charge on any atom is 0.0481 e. The average molecular weight is 791 g/mol. The number of thiocarbonyl (C=S) groups is 1. The average Bonchev–Trinajstić information content (AvgIpc) is 3.78.